The molecule has 0 fully saturated rings. The van der Waals surface area contributed by atoms with Crippen molar-refractivity contribution >= 4 is 28.1 Å². The minimum absolute atomic E-state index is 0.234. The Labute approximate surface area is 56.3 Å². The van der Waals surface area contributed by atoms with E-state index in [1.165, 1.54) is 0 Å². The lowest BCUT2D eigenvalue weighted by Gasteiger charge is -1.99. The van der Waals surface area contributed by atoms with Crippen LogP contribution in [-0.4, -0.2) is 18.0 Å². The molecule has 0 saturated heterocycles. The molecular weight excluding hydrogens is 172 g/mol. The summed E-state index contributed by atoms with van der Waals surface area (Å²) in [6, 6.07) is -0.299. The SMILES string of the molecule is CC(NBr)C(=O)C=N. The van der Waals surface area contributed by atoms with Crippen LogP contribution in [0.1, 0.15) is 6.92 Å². The molecule has 3 nitrogen and oxygen atoms in total. The van der Waals surface area contributed by atoms with E-state index in [2.05, 4.69) is 20.5 Å². The summed E-state index contributed by atoms with van der Waals surface area (Å²) >= 11 is 2.88. The fraction of sp³-hybridized carbons (Fsp3) is 0.500. The van der Waals surface area contributed by atoms with Crippen molar-refractivity contribution in [1.82, 2.24) is 4.34 Å². The summed E-state index contributed by atoms with van der Waals surface area (Å²) in [5, 5.41) is 6.51. The predicted molar refractivity (Wildman–Crippen MR) is 35.3 cm³/mol. The average Bonchev–Trinajstić information content (AvgIpc) is 1.84. The Morgan fingerprint density at radius 3 is 2.62 bits per heavy atom. The number of carbonyl (C=O) groups excluding carboxylic acids is 1. The van der Waals surface area contributed by atoms with Gasteiger partial charge in [0.15, 0.2) is 5.78 Å². The lowest BCUT2D eigenvalue weighted by Crippen LogP contribution is -2.27. The van der Waals surface area contributed by atoms with Crippen LogP contribution < -0.4 is 4.34 Å². The molecule has 0 amide bonds. The lowest BCUT2D eigenvalue weighted by molar-refractivity contribution is -0.113. The normalized spacial score (nSPS) is 12.8. The van der Waals surface area contributed by atoms with E-state index >= 15 is 0 Å². The molecule has 2 N–H and O–H groups in total. The maximum atomic E-state index is 10.4. The Morgan fingerprint density at radius 2 is 2.50 bits per heavy atom. The van der Waals surface area contributed by atoms with Crippen molar-refractivity contribution in [1.29, 1.82) is 5.41 Å². The largest absolute Gasteiger partial charge is 0.305 e. The van der Waals surface area contributed by atoms with Crippen LogP contribution in [0.25, 0.3) is 0 Å². The predicted octanol–water partition coefficient (Wildman–Crippen LogP) is 0.493. The van der Waals surface area contributed by atoms with Gasteiger partial charge in [0, 0.05) is 16.1 Å². The van der Waals surface area contributed by atoms with Crippen molar-refractivity contribution in [2.75, 3.05) is 0 Å². The van der Waals surface area contributed by atoms with Gasteiger partial charge in [-0.25, -0.2) is 4.34 Å². The first-order chi connectivity index (χ1) is 3.72. The number of nitrogens with one attached hydrogen (secondary N) is 2. The van der Waals surface area contributed by atoms with Crippen molar-refractivity contribution in [3.63, 3.8) is 0 Å². The van der Waals surface area contributed by atoms with Gasteiger partial charge in [0.05, 0.1) is 12.3 Å². The van der Waals surface area contributed by atoms with E-state index in [9.17, 15) is 4.79 Å². The molecule has 0 saturated carbocycles. The summed E-state index contributed by atoms with van der Waals surface area (Å²) in [5.74, 6) is -0.234. The van der Waals surface area contributed by atoms with Crippen LogP contribution in [0.4, 0.5) is 0 Å². The number of halogens is 1. The summed E-state index contributed by atoms with van der Waals surface area (Å²) in [7, 11) is 0. The fourth-order valence-corrected chi connectivity index (χ4v) is 0.404. The zero-order valence-electron chi connectivity index (χ0n) is 4.44. The van der Waals surface area contributed by atoms with Crippen LogP contribution in [0, 0.1) is 5.41 Å². The molecule has 0 spiro atoms. The van der Waals surface area contributed by atoms with Gasteiger partial charge in [-0.15, -0.1) is 0 Å². The second-order valence-corrected chi connectivity index (χ2v) is 1.84. The smallest absolute Gasteiger partial charge is 0.190 e. The molecule has 46 valence electrons. The summed E-state index contributed by atoms with van der Waals surface area (Å²) in [4.78, 5) is 10.4. The number of Topliss-reactive ketones (excluding diaryl/α,β-unsaturated/α-hetero) is 1. The molecule has 0 rings (SSSR count). The fourth-order valence-electron chi connectivity index (χ4n) is 0.179. The Kier molecular flexibility index (Phi) is 3.64. The number of hydrogen-bond acceptors (Lipinski definition) is 3. The molecule has 0 aliphatic heterocycles. The van der Waals surface area contributed by atoms with Gasteiger partial charge < -0.3 is 5.41 Å². The van der Waals surface area contributed by atoms with E-state index in [-0.39, 0.29) is 11.8 Å². The van der Waals surface area contributed by atoms with Gasteiger partial charge in [-0.05, 0) is 6.92 Å². The second-order valence-electron chi connectivity index (χ2n) is 1.38. The lowest BCUT2D eigenvalue weighted by atomic mass is 10.2. The van der Waals surface area contributed by atoms with E-state index in [1.54, 1.807) is 6.92 Å². The second kappa shape index (κ2) is 3.74. The maximum Gasteiger partial charge on any atom is 0.190 e. The van der Waals surface area contributed by atoms with Gasteiger partial charge in [0.2, 0.25) is 0 Å². The average molecular weight is 179 g/mol. The van der Waals surface area contributed by atoms with Crippen LogP contribution in [0.5, 0.6) is 0 Å². The van der Waals surface area contributed by atoms with Crippen LogP contribution >= 0.6 is 16.1 Å². The van der Waals surface area contributed by atoms with Crippen molar-refractivity contribution in [2.24, 2.45) is 0 Å². The van der Waals surface area contributed by atoms with Crippen LogP contribution in [0.3, 0.4) is 0 Å². The summed E-state index contributed by atoms with van der Waals surface area (Å²) in [6.45, 7) is 1.67. The maximum absolute atomic E-state index is 10.4. The minimum atomic E-state index is -0.299. The van der Waals surface area contributed by atoms with Crippen LogP contribution in [0.2, 0.25) is 0 Å². The third kappa shape index (κ3) is 2.18. The third-order valence-corrected chi connectivity index (χ3v) is 1.42. The van der Waals surface area contributed by atoms with Gasteiger partial charge in [-0.3, -0.25) is 4.79 Å². The Morgan fingerprint density at radius 1 is 2.00 bits per heavy atom. The molecule has 0 heterocycles. The molecule has 0 bridgehead atoms. The number of rotatable bonds is 3. The van der Waals surface area contributed by atoms with Crippen molar-refractivity contribution in [3.05, 3.63) is 0 Å². The van der Waals surface area contributed by atoms with Gasteiger partial charge >= 0.3 is 0 Å². The zero-order valence-corrected chi connectivity index (χ0v) is 6.03. The first kappa shape index (κ1) is 7.78. The first-order valence-electron chi connectivity index (χ1n) is 2.13. The van der Waals surface area contributed by atoms with Crippen molar-refractivity contribution < 1.29 is 4.79 Å². The van der Waals surface area contributed by atoms with Crippen LogP contribution in [0.15, 0.2) is 0 Å². The van der Waals surface area contributed by atoms with E-state index in [0.29, 0.717) is 0 Å². The Bertz CT molecular complexity index is 104. The standard InChI is InChI=1S/C4H7BrN2O/c1-3(7-5)4(8)2-6/h2-3,6-7H,1H3. The van der Waals surface area contributed by atoms with E-state index < -0.39 is 0 Å². The van der Waals surface area contributed by atoms with Gasteiger partial charge in [0.25, 0.3) is 0 Å². The molecular formula is C4H7BrN2O. The quantitative estimate of drug-likeness (QED) is 0.489. The third-order valence-electron chi connectivity index (χ3n) is 0.733. The molecule has 1 unspecified atom stereocenters. The highest BCUT2D eigenvalue weighted by Crippen LogP contribution is 1.83. The van der Waals surface area contributed by atoms with Gasteiger partial charge in [-0.2, -0.15) is 0 Å². The monoisotopic (exact) mass is 178 g/mol. The molecule has 0 aromatic carbocycles. The zero-order chi connectivity index (χ0) is 6.57. The van der Waals surface area contributed by atoms with Gasteiger partial charge in [0.1, 0.15) is 0 Å². The Balaban J connectivity index is 3.62. The number of carbonyl (C=O) groups is 1. The summed E-state index contributed by atoms with van der Waals surface area (Å²) in [5.41, 5.74) is 0. The molecule has 0 aromatic rings. The van der Waals surface area contributed by atoms with E-state index in [0.717, 1.165) is 6.21 Å². The molecule has 0 radical (unpaired) electrons. The molecule has 4 heteroatoms. The van der Waals surface area contributed by atoms with E-state index in [4.69, 9.17) is 5.41 Å². The van der Waals surface area contributed by atoms with Crippen molar-refractivity contribution in [3.8, 4) is 0 Å². The molecule has 0 aliphatic rings. The molecule has 8 heavy (non-hydrogen) atoms. The highest BCUT2D eigenvalue weighted by Gasteiger charge is 2.05. The topological polar surface area (TPSA) is 53.0 Å². The first-order valence-corrected chi connectivity index (χ1v) is 2.92. The minimum Gasteiger partial charge on any atom is -0.305 e. The highest BCUT2D eigenvalue weighted by atomic mass is 79.9. The van der Waals surface area contributed by atoms with Crippen LogP contribution in [-0.2, 0) is 4.79 Å². The molecule has 1 atom stereocenters. The Hall–Kier alpha value is -0.220. The van der Waals surface area contributed by atoms with Gasteiger partial charge in [-0.1, -0.05) is 0 Å². The van der Waals surface area contributed by atoms with Crippen molar-refractivity contribution in [2.45, 2.75) is 13.0 Å². The summed E-state index contributed by atoms with van der Waals surface area (Å²) < 4.78 is 2.53. The molecule has 0 aliphatic carbocycles. The van der Waals surface area contributed by atoms with E-state index in [1.807, 2.05) is 0 Å². The highest BCUT2D eigenvalue weighted by molar-refractivity contribution is 9.08. The summed E-state index contributed by atoms with van der Waals surface area (Å²) in [6.07, 6.45) is 0.791. The number of ketones is 1. The number of hydrogen-bond donors (Lipinski definition) is 2. The molecule has 0 aromatic heterocycles.